The molecule has 0 aliphatic heterocycles. The molecule has 8 heteroatoms. The highest BCUT2D eigenvalue weighted by atomic mass is 35.5. The van der Waals surface area contributed by atoms with E-state index in [0.717, 1.165) is 0 Å². The zero-order valence-electron chi connectivity index (χ0n) is 16.2. The molecule has 29 heavy (non-hydrogen) atoms. The number of halogens is 1. The topological polar surface area (TPSA) is 84.3 Å². The molecule has 3 aromatic rings. The van der Waals surface area contributed by atoms with Gasteiger partial charge < -0.3 is 10.2 Å². The average Bonchev–Trinajstić information content (AvgIpc) is 2.71. The Morgan fingerprint density at radius 3 is 2.59 bits per heavy atom. The van der Waals surface area contributed by atoms with E-state index in [1.54, 1.807) is 56.6 Å². The van der Waals surface area contributed by atoms with Crippen LogP contribution in [0.25, 0.3) is 10.9 Å². The molecule has 0 saturated heterocycles. The maximum absolute atomic E-state index is 12.4. The molecule has 0 aliphatic rings. The van der Waals surface area contributed by atoms with Crippen LogP contribution in [0.3, 0.4) is 0 Å². The van der Waals surface area contributed by atoms with Crippen LogP contribution in [0.5, 0.6) is 0 Å². The molecule has 1 heterocycles. The number of anilines is 1. The first-order chi connectivity index (χ1) is 13.9. The normalized spacial score (nSPS) is 10.7. The summed E-state index contributed by atoms with van der Waals surface area (Å²) in [6.07, 6.45) is 0.431. The second-order valence-corrected chi connectivity index (χ2v) is 7.09. The number of rotatable bonds is 6. The highest BCUT2D eigenvalue weighted by Gasteiger charge is 2.16. The van der Waals surface area contributed by atoms with E-state index in [4.69, 9.17) is 11.6 Å². The van der Waals surface area contributed by atoms with E-state index >= 15 is 0 Å². The molecule has 3 rings (SSSR count). The van der Waals surface area contributed by atoms with Crippen molar-refractivity contribution in [2.75, 3.05) is 18.9 Å². The quantitative estimate of drug-likeness (QED) is 0.674. The number of aryl methyl sites for hydroxylation is 1. The maximum atomic E-state index is 12.4. The molecular weight excluding hydrogens is 392 g/mol. The van der Waals surface area contributed by atoms with Crippen molar-refractivity contribution in [3.05, 3.63) is 69.7 Å². The number of fused-ring (bicyclic) bond motifs is 1. The molecule has 2 aromatic carbocycles. The number of carbonyl (C=O) groups excluding carboxylic acids is 2. The van der Waals surface area contributed by atoms with Gasteiger partial charge in [0.05, 0.1) is 28.2 Å². The monoisotopic (exact) mass is 412 g/mol. The number of para-hydroxylation sites is 2. The zero-order chi connectivity index (χ0) is 21.0. The Morgan fingerprint density at radius 1 is 1.14 bits per heavy atom. The first kappa shape index (κ1) is 20.5. The molecule has 2 amide bonds. The number of carbonyl (C=O) groups is 2. The van der Waals surface area contributed by atoms with Gasteiger partial charge in [-0.05, 0) is 24.3 Å². The summed E-state index contributed by atoms with van der Waals surface area (Å²) < 4.78 is 1.46. The predicted molar refractivity (Wildman–Crippen MR) is 113 cm³/mol. The maximum Gasteiger partial charge on any atom is 0.261 e. The smallest absolute Gasteiger partial charge is 0.261 e. The van der Waals surface area contributed by atoms with Crippen molar-refractivity contribution >= 4 is 40.0 Å². The Kier molecular flexibility index (Phi) is 6.29. The van der Waals surface area contributed by atoms with Crippen molar-refractivity contribution in [2.24, 2.45) is 7.05 Å². The number of benzene rings is 2. The van der Waals surface area contributed by atoms with Crippen LogP contribution in [-0.2, 0) is 23.1 Å². The van der Waals surface area contributed by atoms with Crippen molar-refractivity contribution in [3.63, 3.8) is 0 Å². The minimum absolute atomic E-state index is 0.103. The average molecular weight is 413 g/mol. The van der Waals surface area contributed by atoms with E-state index < -0.39 is 0 Å². The lowest BCUT2D eigenvalue weighted by atomic mass is 10.2. The summed E-state index contributed by atoms with van der Waals surface area (Å²) in [5.41, 5.74) is 0.950. The third-order valence-electron chi connectivity index (χ3n) is 4.59. The molecule has 0 unspecified atom stereocenters. The molecule has 0 radical (unpaired) electrons. The van der Waals surface area contributed by atoms with Gasteiger partial charge in [0.2, 0.25) is 11.8 Å². The van der Waals surface area contributed by atoms with E-state index in [1.807, 2.05) is 6.07 Å². The SMILES string of the molecule is CN(CC(=O)Nc1ccccc1Cl)C(=O)CCc1nc2ccccc2c(=O)n1C. The molecule has 0 atom stereocenters. The Hall–Kier alpha value is -3.19. The Morgan fingerprint density at radius 2 is 1.83 bits per heavy atom. The number of likely N-dealkylation sites (N-methyl/N-ethyl adjacent to an activating group) is 1. The van der Waals surface area contributed by atoms with E-state index in [1.165, 1.54) is 9.47 Å². The van der Waals surface area contributed by atoms with Crippen LogP contribution in [0.4, 0.5) is 5.69 Å². The zero-order valence-corrected chi connectivity index (χ0v) is 16.9. The molecule has 0 spiro atoms. The highest BCUT2D eigenvalue weighted by molar-refractivity contribution is 6.33. The van der Waals surface area contributed by atoms with Crippen molar-refractivity contribution < 1.29 is 9.59 Å². The lowest BCUT2D eigenvalue weighted by Crippen LogP contribution is -2.35. The standard InChI is InChI=1S/C21H21ClN4O3/c1-25(13-19(27)24-17-10-6-4-8-15(17)22)20(28)12-11-18-23-16-9-5-3-7-14(16)21(29)26(18)2/h3-10H,11-13H2,1-2H3,(H,24,27). The summed E-state index contributed by atoms with van der Waals surface area (Å²) in [5, 5.41) is 3.65. The van der Waals surface area contributed by atoms with Gasteiger partial charge in [0.25, 0.3) is 5.56 Å². The second-order valence-electron chi connectivity index (χ2n) is 6.69. The minimum atomic E-state index is -0.342. The number of aromatic nitrogens is 2. The van der Waals surface area contributed by atoms with Crippen LogP contribution in [0, 0.1) is 0 Å². The fraction of sp³-hybridized carbons (Fsp3) is 0.238. The third kappa shape index (κ3) is 4.81. The van der Waals surface area contributed by atoms with Crippen molar-refractivity contribution in [2.45, 2.75) is 12.8 Å². The summed E-state index contributed by atoms with van der Waals surface area (Å²) in [4.78, 5) is 42.9. The van der Waals surface area contributed by atoms with Gasteiger partial charge in [-0.2, -0.15) is 0 Å². The van der Waals surface area contributed by atoms with E-state index in [0.29, 0.717) is 33.9 Å². The van der Waals surface area contributed by atoms with Gasteiger partial charge in [-0.1, -0.05) is 35.9 Å². The van der Waals surface area contributed by atoms with Crippen molar-refractivity contribution in [3.8, 4) is 0 Å². The Bertz CT molecular complexity index is 1130. The van der Waals surface area contributed by atoms with E-state index in [2.05, 4.69) is 10.3 Å². The van der Waals surface area contributed by atoms with Gasteiger partial charge in [0.15, 0.2) is 0 Å². The van der Waals surface area contributed by atoms with Gasteiger partial charge in [0, 0.05) is 26.9 Å². The molecule has 150 valence electrons. The van der Waals surface area contributed by atoms with E-state index in [-0.39, 0.29) is 30.3 Å². The van der Waals surface area contributed by atoms with Gasteiger partial charge in [-0.3, -0.25) is 19.0 Å². The van der Waals surface area contributed by atoms with Crippen LogP contribution in [0.2, 0.25) is 5.02 Å². The van der Waals surface area contributed by atoms with Gasteiger partial charge in [-0.15, -0.1) is 0 Å². The molecule has 0 saturated carbocycles. The largest absolute Gasteiger partial charge is 0.336 e. The van der Waals surface area contributed by atoms with Crippen LogP contribution in [-0.4, -0.2) is 39.9 Å². The van der Waals surface area contributed by atoms with Crippen molar-refractivity contribution in [1.29, 1.82) is 0 Å². The second kappa shape index (κ2) is 8.87. The lowest BCUT2D eigenvalue weighted by Gasteiger charge is -2.17. The number of nitrogens with zero attached hydrogens (tertiary/aromatic N) is 3. The van der Waals surface area contributed by atoms with Crippen molar-refractivity contribution in [1.82, 2.24) is 14.5 Å². The first-order valence-corrected chi connectivity index (χ1v) is 9.47. The first-order valence-electron chi connectivity index (χ1n) is 9.10. The number of amides is 2. The summed E-state index contributed by atoms with van der Waals surface area (Å²) in [5.74, 6) is -0.0390. The summed E-state index contributed by atoms with van der Waals surface area (Å²) >= 11 is 6.02. The van der Waals surface area contributed by atoms with E-state index in [9.17, 15) is 14.4 Å². The number of hydrogen-bond acceptors (Lipinski definition) is 4. The van der Waals surface area contributed by atoms with Crippen LogP contribution < -0.4 is 10.9 Å². The molecule has 0 aliphatic carbocycles. The summed E-state index contributed by atoms with van der Waals surface area (Å²) in [7, 11) is 3.20. The Balaban J connectivity index is 1.61. The fourth-order valence-corrected chi connectivity index (χ4v) is 3.14. The fourth-order valence-electron chi connectivity index (χ4n) is 2.95. The Labute approximate surface area is 172 Å². The summed E-state index contributed by atoms with van der Waals surface area (Å²) in [6, 6.07) is 14.0. The highest BCUT2D eigenvalue weighted by Crippen LogP contribution is 2.20. The molecule has 1 aromatic heterocycles. The van der Waals surface area contributed by atoms with Crippen LogP contribution >= 0.6 is 11.6 Å². The van der Waals surface area contributed by atoms with Gasteiger partial charge in [0.1, 0.15) is 5.82 Å². The van der Waals surface area contributed by atoms with Gasteiger partial charge >= 0.3 is 0 Å². The molecule has 0 fully saturated rings. The predicted octanol–water partition coefficient (Wildman–Crippen LogP) is 2.62. The number of hydrogen-bond donors (Lipinski definition) is 1. The minimum Gasteiger partial charge on any atom is -0.336 e. The van der Waals surface area contributed by atoms with Crippen LogP contribution in [0.1, 0.15) is 12.2 Å². The molecule has 7 nitrogen and oxygen atoms in total. The molecule has 0 bridgehead atoms. The molecule has 1 N–H and O–H groups in total. The van der Waals surface area contributed by atoms with Gasteiger partial charge in [-0.25, -0.2) is 4.98 Å². The van der Waals surface area contributed by atoms with Crippen LogP contribution in [0.15, 0.2) is 53.3 Å². The lowest BCUT2D eigenvalue weighted by molar-refractivity contribution is -0.133. The molecular formula is C21H21ClN4O3. The number of nitrogens with one attached hydrogen (secondary N) is 1. The summed E-state index contributed by atoms with van der Waals surface area (Å²) in [6.45, 7) is -0.103. The third-order valence-corrected chi connectivity index (χ3v) is 4.92.